The molecule has 0 bridgehead atoms. The summed E-state index contributed by atoms with van der Waals surface area (Å²) in [7, 11) is 0. The molecule has 5 heteroatoms. The summed E-state index contributed by atoms with van der Waals surface area (Å²) in [6.45, 7) is 10.4. The maximum absolute atomic E-state index is 9.85. The van der Waals surface area contributed by atoms with Gasteiger partial charge in [-0.25, -0.2) is 0 Å². The molecule has 1 aliphatic heterocycles. The largest absolute Gasteiger partial charge is 0.504 e. The van der Waals surface area contributed by atoms with E-state index >= 15 is 0 Å². The first-order valence-electron chi connectivity index (χ1n) is 10.3. The van der Waals surface area contributed by atoms with Gasteiger partial charge in [0.25, 0.3) is 0 Å². The summed E-state index contributed by atoms with van der Waals surface area (Å²) in [6, 6.07) is 5.21. The summed E-state index contributed by atoms with van der Waals surface area (Å²) in [5.41, 5.74) is 0.852. The number of ether oxygens (including phenoxy) is 4. The molecule has 2 aliphatic rings. The first kappa shape index (κ1) is 20.4. The number of phenolic OH excluding ortho intramolecular Hbond substituents is 1. The Kier molecular flexibility index (Phi) is 7.01. The second kappa shape index (κ2) is 9.26. The predicted molar refractivity (Wildman–Crippen MR) is 104 cm³/mol. The van der Waals surface area contributed by atoms with Crippen molar-refractivity contribution in [1.29, 1.82) is 0 Å². The smallest absolute Gasteiger partial charge is 0.184 e. The van der Waals surface area contributed by atoms with E-state index in [1.54, 1.807) is 12.1 Å². The number of aromatic hydroxyl groups is 1. The standard InChI is InChI=1S/C22H34O5/c1-5-24-21-11-16(7-9-19(21)23)22-26-13-17(27-22)12-25-20-10-15(4)6-8-18(20)14(2)3/h7,9,11,14-15,17-18,20,22-23H,5-6,8,10,12-13H2,1-4H3. The minimum atomic E-state index is -0.440. The van der Waals surface area contributed by atoms with Crippen molar-refractivity contribution in [2.24, 2.45) is 17.8 Å². The number of benzene rings is 1. The van der Waals surface area contributed by atoms with E-state index < -0.39 is 6.29 Å². The molecule has 152 valence electrons. The van der Waals surface area contributed by atoms with Crippen molar-refractivity contribution in [2.45, 2.75) is 65.5 Å². The van der Waals surface area contributed by atoms with Crippen LogP contribution >= 0.6 is 0 Å². The number of rotatable bonds is 7. The number of hydrogen-bond acceptors (Lipinski definition) is 5. The maximum atomic E-state index is 9.85. The van der Waals surface area contributed by atoms with Crippen LogP contribution in [0.1, 0.15) is 58.8 Å². The molecule has 1 aliphatic carbocycles. The van der Waals surface area contributed by atoms with E-state index in [1.807, 2.05) is 13.0 Å². The van der Waals surface area contributed by atoms with Gasteiger partial charge >= 0.3 is 0 Å². The fourth-order valence-corrected chi connectivity index (χ4v) is 4.20. The van der Waals surface area contributed by atoms with Crippen LogP contribution in [0.3, 0.4) is 0 Å². The minimum Gasteiger partial charge on any atom is -0.504 e. The van der Waals surface area contributed by atoms with Gasteiger partial charge in [-0.3, -0.25) is 0 Å². The van der Waals surface area contributed by atoms with E-state index in [2.05, 4.69) is 20.8 Å². The molecule has 0 aromatic heterocycles. The Morgan fingerprint density at radius 3 is 2.81 bits per heavy atom. The molecular weight excluding hydrogens is 344 g/mol. The van der Waals surface area contributed by atoms with Crippen LogP contribution in [0.4, 0.5) is 0 Å². The van der Waals surface area contributed by atoms with Crippen LogP contribution in [0.5, 0.6) is 11.5 Å². The number of phenols is 1. The Morgan fingerprint density at radius 1 is 1.26 bits per heavy atom. The molecule has 0 spiro atoms. The summed E-state index contributed by atoms with van der Waals surface area (Å²) < 4.78 is 23.6. The molecule has 0 radical (unpaired) electrons. The van der Waals surface area contributed by atoms with E-state index in [0.29, 0.717) is 43.5 Å². The Hall–Kier alpha value is -1.30. The normalized spacial score (nSPS) is 31.4. The van der Waals surface area contributed by atoms with Crippen LogP contribution < -0.4 is 4.74 Å². The lowest BCUT2D eigenvalue weighted by molar-refractivity contribution is -0.0993. The van der Waals surface area contributed by atoms with E-state index in [4.69, 9.17) is 18.9 Å². The Morgan fingerprint density at radius 2 is 2.07 bits per heavy atom. The zero-order chi connectivity index (χ0) is 19.4. The first-order chi connectivity index (χ1) is 13.0. The van der Waals surface area contributed by atoms with Crippen molar-refractivity contribution in [2.75, 3.05) is 19.8 Å². The van der Waals surface area contributed by atoms with Gasteiger partial charge in [0.2, 0.25) is 0 Å². The van der Waals surface area contributed by atoms with Gasteiger partial charge in [0.05, 0.1) is 25.9 Å². The first-order valence-corrected chi connectivity index (χ1v) is 10.3. The molecule has 3 rings (SSSR count). The van der Waals surface area contributed by atoms with Gasteiger partial charge < -0.3 is 24.1 Å². The molecule has 5 nitrogen and oxygen atoms in total. The second-order valence-corrected chi connectivity index (χ2v) is 8.28. The van der Waals surface area contributed by atoms with Crippen molar-refractivity contribution in [1.82, 2.24) is 0 Å². The Bertz CT molecular complexity index is 602. The van der Waals surface area contributed by atoms with Crippen molar-refractivity contribution < 1.29 is 24.1 Å². The third-order valence-electron chi connectivity index (χ3n) is 5.76. The molecule has 27 heavy (non-hydrogen) atoms. The van der Waals surface area contributed by atoms with Crippen LogP contribution in [-0.4, -0.2) is 37.1 Å². The molecule has 1 saturated carbocycles. The highest BCUT2D eigenvalue weighted by Crippen LogP contribution is 2.37. The minimum absolute atomic E-state index is 0.0654. The van der Waals surface area contributed by atoms with Crippen LogP contribution in [0, 0.1) is 17.8 Å². The van der Waals surface area contributed by atoms with Crippen molar-refractivity contribution in [3.8, 4) is 11.5 Å². The molecule has 1 N–H and O–H groups in total. The molecule has 5 atom stereocenters. The summed E-state index contributed by atoms with van der Waals surface area (Å²) in [6.07, 6.45) is 3.50. The summed E-state index contributed by atoms with van der Waals surface area (Å²) in [5, 5.41) is 9.85. The fourth-order valence-electron chi connectivity index (χ4n) is 4.20. The number of hydrogen-bond donors (Lipinski definition) is 1. The fraction of sp³-hybridized carbons (Fsp3) is 0.727. The summed E-state index contributed by atoms with van der Waals surface area (Å²) >= 11 is 0. The highest BCUT2D eigenvalue weighted by atomic mass is 16.7. The van der Waals surface area contributed by atoms with Crippen molar-refractivity contribution in [3.05, 3.63) is 23.8 Å². The summed E-state index contributed by atoms with van der Waals surface area (Å²) in [5.74, 6) is 2.59. The topological polar surface area (TPSA) is 57.2 Å². The highest BCUT2D eigenvalue weighted by Gasteiger charge is 2.34. The van der Waals surface area contributed by atoms with Crippen molar-refractivity contribution in [3.63, 3.8) is 0 Å². The molecule has 1 aromatic rings. The van der Waals surface area contributed by atoms with E-state index in [1.165, 1.54) is 12.8 Å². The molecule has 1 aromatic carbocycles. The van der Waals surface area contributed by atoms with Gasteiger partial charge in [-0.2, -0.15) is 0 Å². The molecule has 0 amide bonds. The third kappa shape index (κ3) is 5.15. The second-order valence-electron chi connectivity index (χ2n) is 8.28. The lowest BCUT2D eigenvalue weighted by Crippen LogP contribution is -2.36. The van der Waals surface area contributed by atoms with Gasteiger partial charge in [0.1, 0.15) is 6.10 Å². The van der Waals surface area contributed by atoms with Crippen LogP contribution in [0.2, 0.25) is 0 Å². The van der Waals surface area contributed by atoms with Crippen LogP contribution in [0.15, 0.2) is 18.2 Å². The van der Waals surface area contributed by atoms with Gasteiger partial charge in [-0.15, -0.1) is 0 Å². The maximum Gasteiger partial charge on any atom is 0.184 e. The zero-order valence-electron chi connectivity index (χ0n) is 17.0. The quantitative estimate of drug-likeness (QED) is 0.746. The Labute approximate surface area is 163 Å². The molecule has 5 unspecified atom stereocenters. The van der Waals surface area contributed by atoms with Gasteiger partial charge in [-0.05, 0) is 49.7 Å². The average Bonchev–Trinajstić information content (AvgIpc) is 3.11. The molecule has 1 saturated heterocycles. The highest BCUT2D eigenvalue weighted by molar-refractivity contribution is 5.42. The van der Waals surface area contributed by atoms with Crippen LogP contribution in [-0.2, 0) is 14.2 Å². The predicted octanol–water partition coefficient (Wildman–Crippen LogP) is 4.68. The van der Waals surface area contributed by atoms with Crippen LogP contribution in [0.25, 0.3) is 0 Å². The van der Waals surface area contributed by atoms with E-state index in [0.717, 1.165) is 17.9 Å². The Balaban J connectivity index is 1.54. The SMILES string of the molecule is CCOc1cc(C2OCC(COC3CC(C)CCC3C(C)C)O2)ccc1O. The lowest BCUT2D eigenvalue weighted by atomic mass is 9.75. The summed E-state index contributed by atoms with van der Waals surface area (Å²) in [4.78, 5) is 0. The van der Waals surface area contributed by atoms with Gasteiger partial charge in [0.15, 0.2) is 17.8 Å². The van der Waals surface area contributed by atoms with Gasteiger partial charge in [0, 0.05) is 5.56 Å². The van der Waals surface area contributed by atoms with Gasteiger partial charge in [-0.1, -0.05) is 33.3 Å². The van der Waals surface area contributed by atoms with E-state index in [9.17, 15) is 5.11 Å². The van der Waals surface area contributed by atoms with Crippen molar-refractivity contribution >= 4 is 0 Å². The molecule has 1 heterocycles. The molecular formula is C22H34O5. The lowest BCUT2D eigenvalue weighted by Gasteiger charge is -2.37. The monoisotopic (exact) mass is 378 g/mol. The zero-order valence-corrected chi connectivity index (χ0v) is 17.0. The van der Waals surface area contributed by atoms with E-state index in [-0.39, 0.29) is 11.9 Å². The third-order valence-corrected chi connectivity index (χ3v) is 5.76. The average molecular weight is 379 g/mol. The molecule has 2 fully saturated rings.